The molecule has 5 aromatic heterocycles. The van der Waals surface area contributed by atoms with E-state index in [1.165, 1.54) is 30.9 Å². The molecule has 0 aliphatic carbocycles. The first-order valence-electron chi connectivity index (χ1n) is 16.8. The lowest BCUT2D eigenvalue weighted by Gasteiger charge is -2.12. The van der Waals surface area contributed by atoms with Crippen LogP contribution in [0.3, 0.4) is 0 Å². The van der Waals surface area contributed by atoms with Crippen molar-refractivity contribution in [1.82, 2.24) is 24.5 Å². The second kappa shape index (κ2) is 10.9. The minimum atomic E-state index is 0.548. The second-order valence-corrected chi connectivity index (χ2v) is 13.8. The number of rotatable bonds is 4. The Kier molecular flexibility index (Phi) is 6.02. The normalized spacial score (nSPS) is 11.9. The van der Waals surface area contributed by atoms with Gasteiger partial charge in [0.15, 0.2) is 23.1 Å². The van der Waals surface area contributed by atoms with E-state index in [2.05, 4.69) is 131 Å². The summed E-state index contributed by atoms with van der Waals surface area (Å²) in [6.07, 6.45) is 3.54. The molecule has 0 aliphatic heterocycles. The highest BCUT2D eigenvalue weighted by molar-refractivity contribution is 7.25. The minimum Gasteiger partial charge on any atom is -0.454 e. The Labute approximate surface area is 294 Å². The third kappa shape index (κ3) is 4.35. The van der Waals surface area contributed by atoms with Gasteiger partial charge >= 0.3 is 0 Å². The van der Waals surface area contributed by atoms with Gasteiger partial charge in [-0.3, -0.25) is 4.98 Å². The molecule has 0 unspecified atom stereocenters. The number of aromatic nitrogens is 5. The zero-order valence-corrected chi connectivity index (χ0v) is 27.8. The number of hydrogen-bond acceptors (Lipinski definition) is 6. The summed E-state index contributed by atoms with van der Waals surface area (Å²) >= 11 is 1.78. The maximum Gasteiger partial charge on any atom is 0.167 e. The Hall–Kier alpha value is -6.70. The van der Waals surface area contributed by atoms with Crippen LogP contribution < -0.4 is 0 Å². The zero-order chi connectivity index (χ0) is 33.5. The molecule has 11 aromatic rings. The summed E-state index contributed by atoms with van der Waals surface area (Å²) < 4.78 is 11.2. The molecule has 0 N–H and O–H groups in total. The molecule has 7 heteroatoms. The number of pyridine rings is 1. The van der Waals surface area contributed by atoms with Gasteiger partial charge < -0.3 is 8.98 Å². The summed E-state index contributed by atoms with van der Waals surface area (Å²) in [6.45, 7) is 0. The van der Waals surface area contributed by atoms with E-state index < -0.39 is 0 Å². The number of para-hydroxylation sites is 3. The van der Waals surface area contributed by atoms with E-state index in [-0.39, 0.29) is 0 Å². The summed E-state index contributed by atoms with van der Waals surface area (Å²) in [5, 5.41) is 6.92. The number of furan rings is 1. The first-order valence-corrected chi connectivity index (χ1v) is 17.6. The molecule has 0 saturated carbocycles. The van der Waals surface area contributed by atoms with Gasteiger partial charge in [0.2, 0.25) is 0 Å². The van der Waals surface area contributed by atoms with Crippen molar-refractivity contribution in [1.29, 1.82) is 0 Å². The SMILES string of the molecule is c1cc(-c2nc(-c3ccc4c(c3)sc3ccccc34)nc(-c3cccc4c3oc3cnccc34)n2)cc(-n2c3ccccc3c3ccccc32)c1. The summed E-state index contributed by atoms with van der Waals surface area (Å²) in [5.74, 6) is 1.74. The van der Waals surface area contributed by atoms with Crippen molar-refractivity contribution in [3.05, 3.63) is 152 Å². The molecular weight excluding hydrogens is 647 g/mol. The predicted molar refractivity (Wildman–Crippen MR) is 208 cm³/mol. The van der Waals surface area contributed by atoms with Crippen LogP contribution in [0.2, 0.25) is 0 Å². The molecule has 0 saturated heterocycles. The van der Waals surface area contributed by atoms with Crippen LogP contribution in [0.4, 0.5) is 0 Å². The number of benzene rings is 6. The predicted octanol–water partition coefficient (Wildman–Crippen LogP) is 11.6. The Morgan fingerprint density at radius 1 is 0.490 bits per heavy atom. The maximum atomic E-state index is 6.41. The fraction of sp³-hybridized carbons (Fsp3) is 0. The molecule has 0 amide bonds. The van der Waals surface area contributed by atoms with Crippen LogP contribution in [0.1, 0.15) is 0 Å². The van der Waals surface area contributed by atoms with Gasteiger partial charge in [0.1, 0.15) is 5.58 Å². The lowest BCUT2D eigenvalue weighted by molar-refractivity contribution is 0.667. The molecule has 0 aliphatic rings. The Balaban J connectivity index is 1.14. The van der Waals surface area contributed by atoms with Gasteiger partial charge in [0.05, 0.1) is 22.8 Å². The van der Waals surface area contributed by atoms with E-state index in [9.17, 15) is 0 Å². The first kappa shape index (κ1) is 28.2. The molecule has 0 bridgehead atoms. The van der Waals surface area contributed by atoms with Gasteiger partial charge in [0.25, 0.3) is 0 Å². The molecule has 238 valence electrons. The number of nitrogens with zero attached hydrogens (tertiary/aromatic N) is 5. The summed E-state index contributed by atoms with van der Waals surface area (Å²) in [4.78, 5) is 19.7. The zero-order valence-electron chi connectivity index (χ0n) is 27.0. The lowest BCUT2D eigenvalue weighted by Crippen LogP contribution is -2.01. The van der Waals surface area contributed by atoms with Crippen LogP contribution in [-0.2, 0) is 0 Å². The Bertz CT molecular complexity index is 3120. The third-order valence-electron chi connectivity index (χ3n) is 9.76. The van der Waals surface area contributed by atoms with Crippen molar-refractivity contribution >= 4 is 75.3 Å². The molecule has 51 heavy (non-hydrogen) atoms. The summed E-state index contributed by atoms with van der Waals surface area (Å²) in [6, 6.07) is 48.7. The van der Waals surface area contributed by atoms with Gasteiger partial charge in [-0.2, -0.15) is 0 Å². The molecule has 0 atom stereocenters. The number of hydrogen-bond donors (Lipinski definition) is 0. The molecule has 0 fully saturated rings. The summed E-state index contributed by atoms with van der Waals surface area (Å²) in [7, 11) is 0. The highest BCUT2D eigenvalue weighted by atomic mass is 32.1. The minimum absolute atomic E-state index is 0.548. The van der Waals surface area contributed by atoms with Crippen molar-refractivity contribution < 1.29 is 4.42 Å². The van der Waals surface area contributed by atoms with Gasteiger partial charge in [-0.1, -0.05) is 91.0 Å². The van der Waals surface area contributed by atoms with Crippen molar-refractivity contribution in [2.45, 2.75) is 0 Å². The van der Waals surface area contributed by atoms with E-state index in [0.717, 1.165) is 55.3 Å². The molecule has 0 spiro atoms. The van der Waals surface area contributed by atoms with Crippen LogP contribution in [0, 0.1) is 0 Å². The molecule has 5 heterocycles. The maximum absolute atomic E-state index is 6.41. The molecule has 11 rings (SSSR count). The molecule has 6 aromatic carbocycles. The number of thiophene rings is 1. The Morgan fingerprint density at radius 3 is 1.98 bits per heavy atom. The van der Waals surface area contributed by atoms with Gasteiger partial charge in [0, 0.05) is 64.7 Å². The third-order valence-corrected chi connectivity index (χ3v) is 10.9. The van der Waals surface area contributed by atoms with Crippen molar-refractivity contribution in [3.63, 3.8) is 0 Å². The van der Waals surface area contributed by atoms with Crippen molar-refractivity contribution in [2.24, 2.45) is 0 Å². The van der Waals surface area contributed by atoms with Crippen LogP contribution in [0.25, 0.3) is 104 Å². The van der Waals surface area contributed by atoms with E-state index in [4.69, 9.17) is 19.4 Å². The second-order valence-electron chi connectivity index (χ2n) is 12.7. The van der Waals surface area contributed by atoms with E-state index in [1.54, 1.807) is 23.7 Å². The number of fused-ring (bicyclic) bond motifs is 9. The van der Waals surface area contributed by atoms with Crippen molar-refractivity contribution in [3.8, 4) is 39.9 Å². The fourth-order valence-corrected chi connectivity index (χ4v) is 8.58. The van der Waals surface area contributed by atoms with E-state index in [0.29, 0.717) is 17.5 Å². The highest BCUT2D eigenvalue weighted by Gasteiger charge is 2.19. The van der Waals surface area contributed by atoms with E-state index >= 15 is 0 Å². The van der Waals surface area contributed by atoms with Crippen LogP contribution >= 0.6 is 11.3 Å². The highest BCUT2D eigenvalue weighted by Crippen LogP contribution is 2.39. The molecular formula is C44H25N5OS. The smallest absolute Gasteiger partial charge is 0.167 e. The largest absolute Gasteiger partial charge is 0.454 e. The van der Waals surface area contributed by atoms with Crippen molar-refractivity contribution in [2.75, 3.05) is 0 Å². The standard InChI is InChI=1S/C44H25N5OS/c1-4-16-36-29(11-1)30-12-2-5-17-37(30)49(36)28-10-7-9-26(23-28)42-46-43(27-19-20-33-32-13-3-6-18-39(32)51-40(33)24-27)48-44(47-42)35-15-8-14-34-31-21-22-45-25-38(31)50-41(34)35/h1-25H. The first-order chi connectivity index (χ1) is 25.3. The fourth-order valence-electron chi connectivity index (χ4n) is 7.43. The average Bonchev–Trinajstić information content (AvgIpc) is 3.87. The average molecular weight is 672 g/mol. The Morgan fingerprint density at radius 2 is 1.16 bits per heavy atom. The van der Waals surface area contributed by atoms with E-state index in [1.807, 2.05) is 18.2 Å². The van der Waals surface area contributed by atoms with Gasteiger partial charge in [-0.05, 0) is 48.5 Å². The quantitative estimate of drug-likeness (QED) is 0.186. The van der Waals surface area contributed by atoms with Crippen LogP contribution in [-0.4, -0.2) is 24.5 Å². The van der Waals surface area contributed by atoms with Gasteiger partial charge in [-0.25, -0.2) is 15.0 Å². The summed E-state index contributed by atoms with van der Waals surface area (Å²) in [5.41, 5.74) is 7.40. The monoisotopic (exact) mass is 671 g/mol. The molecule has 6 nitrogen and oxygen atoms in total. The molecule has 0 radical (unpaired) electrons. The topological polar surface area (TPSA) is 69.6 Å². The van der Waals surface area contributed by atoms with Crippen LogP contribution in [0.15, 0.2) is 156 Å². The van der Waals surface area contributed by atoms with Crippen LogP contribution in [0.5, 0.6) is 0 Å². The lowest BCUT2D eigenvalue weighted by atomic mass is 10.1. The van der Waals surface area contributed by atoms with Gasteiger partial charge in [-0.15, -0.1) is 11.3 Å².